The van der Waals surface area contributed by atoms with Gasteiger partial charge in [0.25, 0.3) is 5.79 Å². The first-order chi connectivity index (χ1) is 9.61. The van der Waals surface area contributed by atoms with Crippen LogP contribution in [0.3, 0.4) is 0 Å². The minimum absolute atomic E-state index is 0.171. The molecule has 0 amide bonds. The monoisotopic (exact) mass is 274 g/mol. The second kappa shape index (κ2) is 3.90. The third-order valence-corrected chi connectivity index (χ3v) is 4.86. The number of fused-ring (bicyclic) bond motifs is 1. The van der Waals surface area contributed by atoms with E-state index < -0.39 is 11.8 Å². The van der Waals surface area contributed by atoms with Crippen molar-refractivity contribution in [3.8, 4) is 11.5 Å². The molecule has 1 N–H and O–H groups in total. The van der Waals surface area contributed by atoms with E-state index in [1.165, 1.54) is 0 Å². The quantitative estimate of drug-likeness (QED) is 0.919. The van der Waals surface area contributed by atoms with Crippen molar-refractivity contribution < 1.29 is 19.4 Å². The van der Waals surface area contributed by atoms with Crippen molar-refractivity contribution in [3.05, 3.63) is 23.8 Å². The van der Waals surface area contributed by atoms with E-state index in [2.05, 4.69) is 0 Å². The Kier molecular flexibility index (Phi) is 2.35. The van der Waals surface area contributed by atoms with Crippen molar-refractivity contribution in [2.75, 3.05) is 0 Å². The van der Waals surface area contributed by atoms with Gasteiger partial charge in [0, 0.05) is 18.3 Å². The zero-order valence-electron chi connectivity index (χ0n) is 11.4. The molecule has 106 valence electrons. The summed E-state index contributed by atoms with van der Waals surface area (Å²) in [4.78, 5) is 11.0. The highest BCUT2D eigenvalue weighted by molar-refractivity contribution is 5.70. The Morgan fingerprint density at radius 1 is 1.10 bits per heavy atom. The molecule has 4 heteroatoms. The minimum atomic E-state index is -0.729. The maximum absolute atomic E-state index is 11.0. The molecule has 1 aromatic rings. The summed E-state index contributed by atoms with van der Waals surface area (Å²) in [5.41, 5.74) is 0.910. The Labute approximate surface area is 117 Å². The van der Waals surface area contributed by atoms with Crippen molar-refractivity contribution in [2.24, 2.45) is 0 Å². The summed E-state index contributed by atoms with van der Waals surface area (Å²) >= 11 is 0. The molecule has 1 aliphatic heterocycles. The van der Waals surface area contributed by atoms with Crippen LogP contribution in [0.15, 0.2) is 18.2 Å². The summed E-state index contributed by atoms with van der Waals surface area (Å²) < 4.78 is 12.0. The lowest BCUT2D eigenvalue weighted by molar-refractivity contribution is -0.137. The number of carboxylic acid groups (broad SMARTS) is 1. The number of carboxylic acids is 1. The molecule has 4 rings (SSSR count). The number of aliphatic carboxylic acids is 1. The number of hydrogen-bond donors (Lipinski definition) is 1. The van der Waals surface area contributed by atoms with Crippen LogP contribution in [0.1, 0.15) is 50.5 Å². The molecule has 2 aliphatic carbocycles. The molecule has 2 saturated carbocycles. The Bertz CT molecular complexity index is 568. The van der Waals surface area contributed by atoms with Gasteiger partial charge in [-0.2, -0.15) is 0 Å². The van der Waals surface area contributed by atoms with Crippen molar-refractivity contribution >= 4 is 5.97 Å². The van der Waals surface area contributed by atoms with Crippen LogP contribution in [0.25, 0.3) is 0 Å². The highest BCUT2D eigenvalue weighted by Gasteiger charge is 2.48. The van der Waals surface area contributed by atoms with E-state index in [1.807, 2.05) is 18.2 Å². The van der Waals surface area contributed by atoms with Crippen LogP contribution < -0.4 is 9.47 Å². The topological polar surface area (TPSA) is 55.8 Å². The molecule has 1 heterocycles. The van der Waals surface area contributed by atoms with Gasteiger partial charge in [0.15, 0.2) is 11.5 Å². The van der Waals surface area contributed by atoms with Crippen LogP contribution in [0, 0.1) is 0 Å². The average Bonchev–Trinajstić information content (AvgIpc) is 2.90. The first kappa shape index (κ1) is 12.1. The number of hydrogen-bond acceptors (Lipinski definition) is 3. The third-order valence-electron chi connectivity index (χ3n) is 4.86. The fourth-order valence-corrected chi connectivity index (χ4v) is 3.55. The molecule has 0 bridgehead atoms. The lowest BCUT2D eigenvalue weighted by Gasteiger charge is -2.21. The third kappa shape index (κ3) is 1.78. The van der Waals surface area contributed by atoms with Crippen molar-refractivity contribution in [2.45, 2.75) is 56.1 Å². The molecule has 0 radical (unpaired) electrons. The van der Waals surface area contributed by atoms with E-state index in [9.17, 15) is 4.79 Å². The highest BCUT2D eigenvalue weighted by atomic mass is 16.7. The summed E-state index contributed by atoms with van der Waals surface area (Å²) in [7, 11) is 0. The fourth-order valence-electron chi connectivity index (χ4n) is 3.55. The summed E-state index contributed by atoms with van der Waals surface area (Å²) in [6, 6.07) is 5.95. The molecular formula is C16H18O4. The number of carbonyl (C=O) groups is 1. The molecule has 0 atom stereocenters. The molecule has 1 spiro atoms. The molecule has 0 saturated heterocycles. The number of ether oxygens (including phenoxy) is 2. The van der Waals surface area contributed by atoms with Crippen LogP contribution in [-0.2, 0) is 10.2 Å². The predicted molar refractivity (Wildman–Crippen MR) is 72.1 cm³/mol. The van der Waals surface area contributed by atoms with Gasteiger partial charge in [-0.1, -0.05) is 6.07 Å². The summed E-state index contributed by atoms with van der Waals surface area (Å²) in [5, 5.41) is 9.06. The van der Waals surface area contributed by atoms with Gasteiger partial charge in [0.2, 0.25) is 0 Å². The number of rotatable bonds is 3. The highest BCUT2D eigenvalue weighted by Crippen LogP contribution is 2.54. The van der Waals surface area contributed by atoms with Crippen LogP contribution in [0.2, 0.25) is 0 Å². The largest absolute Gasteiger partial charge is 0.481 e. The Balaban J connectivity index is 1.62. The Morgan fingerprint density at radius 2 is 1.80 bits per heavy atom. The van der Waals surface area contributed by atoms with Gasteiger partial charge in [-0.25, -0.2) is 0 Å². The summed E-state index contributed by atoms with van der Waals surface area (Å²) in [6.45, 7) is 0. The Hall–Kier alpha value is -1.71. The smallest absolute Gasteiger partial charge is 0.304 e. The van der Waals surface area contributed by atoms with Gasteiger partial charge in [-0.05, 0) is 43.4 Å². The van der Waals surface area contributed by atoms with E-state index in [0.29, 0.717) is 0 Å². The fraction of sp³-hybridized carbons (Fsp3) is 0.562. The van der Waals surface area contributed by atoms with Crippen LogP contribution in [0.5, 0.6) is 11.5 Å². The molecule has 1 aromatic carbocycles. The molecule has 0 unspecified atom stereocenters. The van der Waals surface area contributed by atoms with Crippen molar-refractivity contribution in [1.82, 2.24) is 0 Å². The van der Waals surface area contributed by atoms with E-state index in [4.69, 9.17) is 14.6 Å². The first-order valence-electron chi connectivity index (χ1n) is 7.35. The van der Waals surface area contributed by atoms with Gasteiger partial charge >= 0.3 is 5.97 Å². The average molecular weight is 274 g/mol. The predicted octanol–water partition coefficient (Wildman–Crippen LogP) is 3.23. The first-order valence-corrected chi connectivity index (χ1v) is 7.35. The maximum Gasteiger partial charge on any atom is 0.304 e. The van der Waals surface area contributed by atoms with Gasteiger partial charge in [-0.3, -0.25) is 4.79 Å². The maximum atomic E-state index is 11.0. The van der Waals surface area contributed by atoms with Gasteiger partial charge in [0.05, 0.1) is 6.42 Å². The van der Waals surface area contributed by atoms with Gasteiger partial charge in [-0.15, -0.1) is 0 Å². The summed E-state index contributed by atoms with van der Waals surface area (Å²) in [5.74, 6) is 0.431. The van der Waals surface area contributed by atoms with Gasteiger partial charge in [0.1, 0.15) is 0 Å². The number of benzene rings is 1. The minimum Gasteiger partial charge on any atom is -0.481 e. The SMILES string of the molecule is O=C(O)CC1(c2ccc3c(c2)OC2(CCCC2)O3)CC1. The molecule has 0 aromatic heterocycles. The second-order valence-corrected chi connectivity index (χ2v) is 6.33. The van der Waals surface area contributed by atoms with E-state index in [0.717, 1.165) is 55.6 Å². The Morgan fingerprint density at radius 3 is 2.45 bits per heavy atom. The normalized spacial score (nSPS) is 24.0. The van der Waals surface area contributed by atoms with Crippen LogP contribution >= 0.6 is 0 Å². The van der Waals surface area contributed by atoms with Gasteiger partial charge < -0.3 is 14.6 Å². The lowest BCUT2D eigenvalue weighted by atomic mass is 9.92. The van der Waals surface area contributed by atoms with E-state index >= 15 is 0 Å². The van der Waals surface area contributed by atoms with E-state index in [-0.39, 0.29) is 11.8 Å². The molecular weight excluding hydrogens is 256 g/mol. The zero-order chi connectivity index (χ0) is 13.8. The summed E-state index contributed by atoms with van der Waals surface area (Å²) in [6.07, 6.45) is 6.27. The molecule has 4 nitrogen and oxygen atoms in total. The lowest BCUT2D eigenvalue weighted by Crippen LogP contribution is -2.34. The molecule has 3 aliphatic rings. The second-order valence-electron chi connectivity index (χ2n) is 6.33. The zero-order valence-corrected chi connectivity index (χ0v) is 11.4. The van der Waals surface area contributed by atoms with Crippen molar-refractivity contribution in [3.63, 3.8) is 0 Å². The molecule has 20 heavy (non-hydrogen) atoms. The van der Waals surface area contributed by atoms with Crippen LogP contribution in [-0.4, -0.2) is 16.9 Å². The molecule has 2 fully saturated rings. The van der Waals surface area contributed by atoms with E-state index in [1.54, 1.807) is 0 Å². The van der Waals surface area contributed by atoms with Crippen LogP contribution in [0.4, 0.5) is 0 Å². The standard InChI is InChI=1S/C16H18O4/c17-14(18)10-15(7-8-15)11-3-4-12-13(9-11)20-16(19-12)5-1-2-6-16/h3-4,9H,1-2,5-8,10H2,(H,17,18). The van der Waals surface area contributed by atoms with Crippen molar-refractivity contribution in [1.29, 1.82) is 0 Å².